The molecule has 0 radical (unpaired) electrons. The first-order valence-corrected chi connectivity index (χ1v) is 6.60. The van der Waals surface area contributed by atoms with E-state index in [9.17, 15) is 9.59 Å². The zero-order chi connectivity index (χ0) is 14.5. The van der Waals surface area contributed by atoms with Gasteiger partial charge < -0.3 is 15.2 Å². The summed E-state index contributed by atoms with van der Waals surface area (Å²) in [6, 6.07) is 6.56. The molecule has 1 amide bonds. The molecule has 2 aromatic rings. The third kappa shape index (κ3) is 3.55. The molecule has 0 saturated heterocycles. The quantitative estimate of drug-likeness (QED) is 0.881. The molecule has 0 fully saturated rings. The monoisotopic (exact) mass is 292 g/mol. The second-order valence-corrected chi connectivity index (χ2v) is 4.79. The Morgan fingerprint density at radius 2 is 2.25 bits per heavy atom. The summed E-state index contributed by atoms with van der Waals surface area (Å²) in [4.78, 5) is 27.0. The van der Waals surface area contributed by atoms with Crippen molar-refractivity contribution < 1.29 is 19.4 Å². The highest BCUT2D eigenvalue weighted by Crippen LogP contribution is 2.19. The minimum atomic E-state index is -1.06. The normalized spacial score (nSPS) is 10.1. The van der Waals surface area contributed by atoms with Crippen LogP contribution in [0.1, 0.15) is 15.4 Å². The van der Waals surface area contributed by atoms with Gasteiger partial charge in [-0.1, -0.05) is 6.07 Å². The third-order valence-electron chi connectivity index (χ3n) is 2.41. The van der Waals surface area contributed by atoms with E-state index < -0.39 is 12.6 Å². The van der Waals surface area contributed by atoms with E-state index in [0.29, 0.717) is 22.0 Å². The Hall–Kier alpha value is -2.41. The number of nitrogens with zero attached hydrogens (tertiary/aromatic N) is 1. The second-order valence-electron chi connectivity index (χ2n) is 3.93. The maximum atomic E-state index is 12.0. The van der Waals surface area contributed by atoms with E-state index in [0.717, 1.165) is 0 Å². The number of anilines is 1. The summed E-state index contributed by atoms with van der Waals surface area (Å²) in [7, 11) is 0. The zero-order valence-electron chi connectivity index (χ0n) is 10.6. The largest absolute Gasteiger partial charge is 0.482 e. The Balaban J connectivity index is 2.06. The number of aliphatic carboxylic acids is 1. The number of ether oxygens (including phenoxy) is 1. The molecule has 0 aliphatic carbocycles. The molecule has 0 bridgehead atoms. The first-order chi connectivity index (χ1) is 9.56. The SMILES string of the molecule is Cc1ncsc1C(=O)Nc1cccc(OCC(=O)O)c1. The first-order valence-electron chi connectivity index (χ1n) is 5.72. The molecule has 0 aliphatic rings. The Morgan fingerprint density at radius 1 is 1.45 bits per heavy atom. The lowest BCUT2D eigenvalue weighted by Crippen LogP contribution is -2.12. The molecular weight excluding hydrogens is 280 g/mol. The lowest BCUT2D eigenvalue weighted by atomic mass is 10.3. The highest BCUT2D eigenvalue weighted by atomic mass is 32.1. The van der Waals surface area contributed by atoms with Crippen molar-refractivity contribution in [1.29, 1.82) is 0 Å². The number of carbonyl (C=O) groups is 2. The summed E-state index contributed by atoms with van der Waals surface area (Å²) >= 11 is 1.26. The maximum absolute atomic E-state index is 12.0. The fraction of sp³-hybridized carbons (Fsp3) is 0.154. The number of nitrogens with one attached hydrogen (secondary N) is 1. The number of hydrogen-bond acceptors (Lipinski definition) is 5. The van der Waals surface area contributed by atoms with Gasteiger partial charge in [-0.25, -0.2) is 9.78 Å². The topological polar surface area (TPSA) is 88.5 Å². The fourth-order valence-electron chi connectivity index (χ4n) is 1.52. The van der Waals surface area contributed by atoms with E-state index in [1.165, 1.54) is 11.3 Å². The van der Waals surface area contributed by atoms with Crippen LogP contribution in [0.3, 0.4) is 0 Å². The molecule has 1 heterocycles. The summed E-state index contributed by atoms with van der Waals surface area (Å²) in [5.74, 6) is -0.925. The summed E-state index contributed by atoms with van der Waals surface area (Å²) in [6.07, 6.45) is 0. The van der Waals surface area contributed by atoms with Crippen LogP contribution in [0.4, 0.5) is 5.69 Å². The van der Waals surface area contributed by atoms with E-state index >= 15 is 0 Å². The van der Waals surface area contributed by atoms with E-state index in [-0.39, 0.29) is 5.91 Å². The maximum Gasteiger partial charge on any atom is 0.341 e. The van der Waals surface area contributed by atoms with Crippen molar-refractivity contribution >= 4 is 28.9 Å². The molecule has 20 heavy (non-hydrogen) atoms. The van der Waals surface area contributed by atoms with Crippen molar-refractivity contribution in [1.82, 2.24) is 4.98 Å². The van der Waals surface area contributed by atoms with Gasteiger partial charge in [0.25, 0.3) is 5.91 Å². The molecule has 2 N–H and O–H groups in total. The predicted octanol–water partition coefficient (Wildman–Crippen LogP) is 2.17. The van der Waals surface area contributed by atoms with Crippen molar-refractivity contribution in [3.63, 3.8) is 0 Å². The average molecular weight is 292 g/mol. The molecule has 6 nitrogen and oxygen atoms in total. The average Bonchev–Trinajstić information content (AvgIpc) is 2.83. The van der Waals surface area contributed by atoms with Crippen LogP contribution in [-0.4, -0.2) is 28.6 Å². The van der Waals surface area contributed by atoms with Gasteiger partial charge in [-0.05, 0) is 19.1 Å². The number of benzene rings is 1. The lowest BCUT2D eigenvalue weighted by molar-refractivity contribution is -0.139. The number of amides is 1. The Labute approximate surface area is 119 Å². The van der Waals surface area contributed by atoms with Crippen LogP contribution in [0.5, 0.6) is 5.75 Å². The van der Waals surface area contributed by atoms with Crippen molar-refractivity contribution in [3.8, 4) is 5.75 Å². The van der Waals surface area contributed by atoms with Gasteiger partial charge >= 0.3 is 5.97 Å². The summed E-state index contributed by atoms with van der Waals surface area (Å²) in [6.45, 7) is 1.34. The zero-order valence-corrected chi connectivity index (χ0v) is 11.4. The number of aryl methyl sites for hydroxylation is 1. The molecule has 0 saturated carbocycles. The molecular formula is C13H12N2O4S. The highest BCUT2D eigenvalue weighted by molar-refractivity contribution is 7.12. The molecule has 0 aliphatic heterocycles. The van der Waals surface area contributed by atoms with Gasteiger partial charge in [0.2, 0.25) is 0 Å². The van der Waals surface area contributed by atoms with Crippen LogP contribution < -0.4 is 10.1 Å². The fourth-order valence-corrected chi connectivity index (χ4v) is 2.21. The third-order valence-corrected chi connectivity index (χ3v) is 3.33. The van der Waals surface area contributed by atoms with Gasteiger partial charge in [0.15, 0.2) is 6.61 Å². The van der Waals surface area contributed by atoms with Gasteiger partial charge in [0, 0.05) is 11.8 Å². The van der Waals surface area contributed by atoms with Gasteiger partial charge in [0.1, 0.15) is 10.6 Å². The molecule has 104 valence electrons. The number of rotatable bonds is 5. The number of hydrogen-bond donors (Lipinski definition) is 2. The Bertz CT molecular complexity index is 639. The number of carbonyl (C=O) groups excluding carboxylic acids is 1. The van der Waals surface area contributed by atoms with Crippen LogP contribution in [0.2, 0.25) is 0 Å². The molecule has 1 aromatic carbocycles. The molecule has 0 unspecified atom stereocenters. The van der Waals surface area contributed by atoms with Gasteiger partial charge in [-0.15, -0.1) is 11.3 Å². The van der Waals surface area contributed by atoms with Crippen LogP contribution in [-0.2, 0) is 4.79 Å². The lowest BCUT2D eigenvalue weighted by Gasteiger charge is -2.07. The molecule has 2 rings (SSSR count). The number of carboxylic acid groups (broad SMARTS) is 1. The number of carboxylic acids is 1. The van der Waals surface area contributed by atoms with E-state index in [1.807, 2.05) is 0 Å². The Morgan fingerprint density at radius 3 is 2.90 bits per heavy atom. The van der Waals surface area contributed by atoms with Gasteiger partial charge in [-0.3, -0.25) is 4.79 Å². The summed E-state index contributed by atoms with van der Waals surface area (Å²) in [5.41, 5.74) is 2.81. The molecule has 7 heteroatoms. The van der Waals surface area contributed by atoms with Crippen LogP contribution >= 0.6 is 11.3 Å². The number of aromatic nitrogens is 1. The summed E-state index contributed by atoms with van der Waals surface area (Å²) < 4.78 is 5.04. The van der Waals surface area contributed by atoms with Crippen molar-refractivity contribution in [3.05, 3.63) is 40.3 Å². The smallest absolute Gasteiger partial charge is 0.341 e. The van der Waals surface area contributed by atoms with E-state index in [4.69, 9.17) is 9.84 Å². The van der Waals surface area contributed by atoms with Crippen LogP contribution in [0.15, 0.2) is 29.8 Å². The predicted molar refractivity (Wildman–Crippen MR) is 74.4 cm³/mol. The van der Waals surface area contributed by atoms with Crippen molar-refractivity contribution in [2.45, 2.75) is 6.92 Å². The minimum absolute atomic E-state index is 0.250. The molecule has 1 aromatic heterocycles. The molecule has 0 spiro atoms. The van der Waals surface area contributed by atoms with Gasteiger partial charge in [0.05, 0.1) is 11.2 Å². The number of thiazole rings is 1. The van der Waals surface area contributed by atoms with E-state index in [2.05, 4.69) is 10.3 Å². The summed E-state index contributed by atoms with van der Waals surface area (Å²) in [5, 5.41) is 11.3. The van der Waals surface area contributed by atoms with E-state index in [1.54, 1.807) is 36.7 Å². The minimum Gasteiger partial charge on any atom is -0.482 e. The second kappa shape index (κ2) is 6.16. The Kier molecular flexibility index (Phi) is 4.31. The van der Waals surface area contributed by atoms with Crippen molar-refractivity contribution in [2.75, 3.05) is 11.9 Å². The van der Waals surface area contributed by atoms with Gasteiger partial charge in [-0.2, -0.15) is 0 Å². The highest BCUT2D eigenvalue weighted by Gasteiger charge is 2.12. The van der Waals surface area contributed by atoms with Crippen molar-refractivity contribution in [2.24, 2.45) is 0 Å². The standard InChI is InChI=1S/C13H12N2O4S/c1-8-12(20-7-14-8)13(18)15-9-3-2-4-10(5-9)19-6-11(16)17/h2-5,7H,6H2,1H3,(H,15,18)(H,16,17). The van der Waals surface area contributed by atoms with Crippen LogP contribution in [0.25, 0.3) is 0 Å². The first kappa shape index (κ1) is 14.0. The van der Waals surface area contributed by atoms with Crippen LogP contribution in [0, 0.1) is 6.92 Å². The molecule has 0 atom stereocenters.